The van der Waals surface area contributed by atoms with Crippen LogP contribution in [0.25, 0.3) is 0 Å². The summed E-state index contributed by atoms with van der Waals surface area (Å²) in [6.07, 6.45) is 1.07. The molecule has 1 aromatic heterocycles. The highest BCUT2D eigenvalue weighted by Crippen LogP contribution is 2.35. The first-order valence-electron chi connectivity index (χ1n) is 10.5. The lowest BCUT2D eigenvalue weighted by atomic mass is 9.99. The molecular formula is C25H24FNO5S. The van der Waals surface area contributed by atoms with E-state index >= 15 is 0 Å². The van der Waals surface area contributed by atoms with Crippen molar-refractivity contribution in [1.82, 2.24) is 5.32 Å². The number of carbonyl (C=O) groups is 2. The second kappa shape index (κ2) is 9.72. The highest BCUT2D eigenvalue weighted by molar-refractivity contribution is 7.12. The van der Waals surface area contributed by atoms with E-state index in [4.69, 9.17) is 14.6 Å². The highest BCUT2D eigenvalue weighted by atomic mass is 32.1. The van der Waals surface area contributed by atoms with Gasteiger partial charge in [0.25, 0.3) is 5.91 Å². The van der Waals surface area contributed by atoms with Crippen molar-refractivity contribution >= 4 is 23.2 Å². The molecule has 1 atom stereocenters. The molecule has 0 spiro atoms. The lowest BCUT2D eigenvalue weighted by molar-refractivity contribution is 0.0696. The summed E-state index contributed by atoms with van der Waals surface area (Å²) in [5, 5.41) is 12.1. The van der Waals surface area contributed by atoms with Crippen molar-refractivity contribution in [3.63, 3.8) is 0 Å². The maximum Gasteiger partial charge on any atom is 0.335 e. The number of ether oxygens (including phenoxy) is 2. The van der Waals surface area contributed by atoms with E-state index in [1.54, 1.807) is 24.3 Å². The van der Waals surface area contributed by atoms with Crippen molar-refractivity contribution in [2.24, 2.45) is 0 Å². The van der Waals surface area contributed by atoms with Gasteiger partial charge in [-0.05, 0) is 54.3 Å². The van der Waals surface area contributed by atoms with E-state index in [9.17, 15) is 14.0 Å². The van der Waals surface area contributed by atoms with Crippen LogP contribution in [0.2, 0.25) is 0 Å². The minimum Gasteiger partial charge on any atom is -0.494 e. The fourth-order valence-corrected chi connectivity index (χ4v) is 5.27. The summed E-state index contributed by atoms with van der Waals surface area (Å²) in [7, 11) is 1.42. The zero-order valence-corrected chi connectivity index (χ0v) is 19.1. The van der Waals surface area contributed by atoms with Gasteiger partial charge < -0.3 is 19.9 Å². The van der Waals surface area contributed by atoms with E-state index < -0.39 is 11.8 Å². The minimum atomic E-state index is -0.995. The third-order valence-corrected chi connectivity index (χ3v) is 6.91. The lowest BCUT2D eigenvalue weighted by Gasteiger charge is -2.18. The van der Waals surface area contributed by atoms with Gasteiger partial charge in [-0.15, -0.1) is 11.3 Å². The summed E-state index contributed by atoms with van der Waals surface area (Å²) in [4.78, 5) is 26.4. The molecule has 8 heteroatoms. The number of methoxy groups -OCH3 is 1. The highest BCUT2D eigenvalue weighted by Gasteiger charge is 2.27. The Morgan fingerprint density at radius 2 is 2.00 bits per heavy atom. The van der Waals surface area contributed by atoms with E-state index in [1.165, 1.54) is 36.6 Å². The number of amides is 1. The molecule has 4 rings (SSSR count). The third kappa shape index (κ3) is 4.91. The van der Waals surface area contributed by atoms with E-state index in [2.05, 4.69) is 5.32 Å². The van der Waals surface area contributed by atoms with Gasteiger partial charge in [0.2, 0.25) is 0 Å². The number of hydrogen-bond acceptors (Lipinski definition) is 5. The molecule has 0 saturated heterocycles. The molecule has 33 heavy (non-hydrogen) atoms. The van der Waals surface area contributed by atoms with Gasteiger partial charge in [0, 0.05) is 16.2 Å². The number of aromatic carboxylic acids is 1. The number of thiophene rings is 1. The van der Waals surface area contributed by atoms with Gasteiger partial charge in [-0.1, -0.05) is 18.2 Å². The normalized spacial score (nSPS) is 13.8. The van der Waals surface area contributed by atoms with Gasteiger partial charge in [0.1, 0.15) is 0 Å². The summed E-state index contributed by atoms with van der Waals surface area (Å²) in [6, 6.07) is 10.9. The van der Waals surface area contributed by atoms with E-state index in [1.807, 2.05) is 6.92 Å². The van der Waals surface area contributed by atoms with Crippen LogP contribution >= 0.6 is 11.3 Å². The predicted octanol–water partition coefficient (Wildman–Crippen LogP) is 4.75. The van der Waals surface area contributed by atoms with Crippen LogP contribution in [0.15, 0.2) is 42.5 Å². The Kier molecular flexibility index (Phi) is 6.76. The first-order valence-corrected chi connectivity index (χ1v) is 11.4. The van der Waals surface area contributed by atoms with Crippen molar-refractivity contribution < 1.29 is 28.6 Å². The summed E-state index contributed by atoms with van der Waals surface area (Å²) in [6.45, 7) is 2.87. The lowest BCUT2D eigenvalue weighted by Crippen LogP contribution is -2.28. The Labute approximate surface area is 195 Å². The Hall–Kier alpha value is -3.23. The number of nitrogens with one attached hydrogen (secondary N) is 1. The number of fused-ring (bicyclic) bond motifs is 1. The van der Waals surface area contributed by atoms with Crippen LogP contribution < -0.4 is 10.1 Å². The van der Waals surface area contributed by atoms with Crippen LogP contribution in [-0.2, 0) is 24.2 Å². The number of carboxylic acid groups (broad SMARTS) is 1. The molecule has 1 aliphatic heterocycles. The molecule has 1 amide bonds. The average molecular weight is 470 g/mol. The summed E-state index contributed by atoms with van der Waals surface area (Å²) in [5.74, 6) is -1.46. The molecule has 2 N–H and O–H groups in total. The van der Waals surface area contributed by atoms with Crippen LogP contribution in [0.3, 0.4) is 0 Å². The Morgan fingerprint density at radius 1 is 1.24 bits per heavy atom. The van der Waals surface area contributed by atoms with Crippen molar-refractivity contribution in [1.29, 1.82) is 0 Å². The first-order chi connectivity index (χ1) is 15.9. The standard InChI is InChI=1S/C25H24FNO5S/c1-14(16-4-6-17(7-5-16)25(29)30)27-24(28)23-18-9-10-32-13-22(18)33-21(23)12-15-3-8-20(31-2)19(26)11-15/h3-8,11,14H,9-10,12-13H2,1-2H3,(H,27,28)(H,29,30)/t14-/m0/s1. The summed E-state index contributed by atoms with van der Waals surface area (Å²) in [5.41, 5.74) is 3.36. The quantitative estimate of drug-likeness (QED) is 0.522. The van der Waals surface area contributed by atoms with Gasteiger partial charge in [-0.3, -0.25) is 4.79 Å². The van der Waals surface area contributed by atoms with E-state index in [-0.39, 0.29) is 23.3 Å². The van der Waals surface area contributed by atoms with Gasteiger partial charge in [-0.2, -0.15) is 0 Å². The van der Waals surface area contributed by atoms with Crippen LogP contribution in [-0.4, -0.2) is 30.7 Å². The molecule has 2 heterocycles. The van der Waals surface area contributed by atoms with Crippen molar-refractivity contribution in [2.45, 2.75) is 32.4 Å². The molecular weight excluding hydrogens is 445 g/mol. The minimum absolute atomic E-state index is 0.179. The molecule has 0 bridgehead atoms. The van der Waals surface area contributed by atoms with E-state index in [0.29, 0.717) is 31.6 Å². The van der Waals surface area contributed by atoms with Gasteiger partial charge in [-0.25, -0.2) is 9.18 Å². The maximum absolute atomic E-state index is 14.2. The molecule has 0 radical (unpaired) electrons. The number of carbonyl (C=O) groups excluding carboxylic acids is 1. The number of hydrogen-bond donors (Lipinski definition) is 2. The number of halogens is 1. The van der Waals surface area contributed by atoms with Crippen LogP contribution in [0, 0.1) is 5.82 Å². The van der Waals surface area contributed by atoms with Crippen molar-refractivity contribution in [2.75, 3.05) is 13.7 Å². The van der Waals surface area contributed by atoms with Crippen LogP contribution in [0.1, 0.15) is 60.1 Å². The second-order valence-corrected chi connectivity index (χ2v) is 9.06. The smallest absolute Gasteiger partial charge is 0.335 e. The third-order valence-electron chi connectivity index (χ3n) is 5.71. The fraction of sp³-hybridized carbons (Fsp3) is 0.280. The zero-order valence-electron chi connectivity index (χ0n) is 18.3. The monoisotopic (exact) mass is 469 g/mol. The topological polar surface area (TPSA) is 84.9 Å². The molecule has 2 aromatic carbocycles. The molecule has 172 valence electrons. The van der Waals surface area contributed by atoms with Crippen molar-refractivity contribution in [3.8, 4) is 5.75 Å². The Bertz CT molecular complexity index is 1190. The summed E-state index contributed by atoms with van der Waals surface area (Å²) < 4.78 is 24.8. The zero-order chi connectivity index (χ0) is 23.5. The molecule has 3 aromatic rings. The molecule has 6 nitrogen and oxygen atoms in total. The first kappa shape index (κ1) is 22.9. The van der Waals surface area contributed by atoms with Crippen LogP contribution in [0.4, 0.5) is 4.39 Å². The second-order valence-electron chi connectivity index (χ2n) is 7.87. The molecule has 0 saturated carbocycles. The number of carboxylic acids is 1. The van der Waals surface area contributed by atoms with Gasteiger partial charge >= 0.3 is 5.97 Å². The largest absolute Gasteiger partial charge is 0.494 e. The SMILES string of the molecule is COc1ccc(Cc2sc3c(c2C(=O)N[C@@H](C)c2ccc(C(=O)O)cc2)CCOC3)cc1F. The van der Waals surface area contributed by atoms with E-state index in [0.717, 1.165) is 26.4 Å². The Morgan fingerprint density at radius 3 is 2.67 bits per heavy atom. The maximum atomic E-state index is 14.2. The number of rotatable bonds is 7. The average Bonchev–Trinajstić information content (AvgIpc) is 3.17. The molecule has 1 aliphatic rings. The van der Waals surface area contributed by atoms with Gasteiger partial charge in [0.15, 0.2) is 11.6 Å². The molecule has 0 aliphatic carbocycles. The predicted molar refractivity (Wildman–Crippen MR) is 123 cm³/mol. The Balaban J connectivity index is 1.60. The number of benzene rings is 2. The summed E-state index contributed by atoms with van der Waals surface area (Å²) >= 11 is 1.52. The van der Waals surface area contributed by atoms with Gasteiger partial charge in [0.05, 0.1) is 37.5 Å². The van der Waals surface area contributed by atoms with Crippen LogP contribution in [0.5, 0.6) is 5.75 Å². The van der Waals surface area contributed by atoms with Crippen molar-refractivity contribution in [3.05, 3.63) is 85.9 Å². The molecule has 0 fully saturated rings. The fourth-order valence-electron chi connectivity index (χ4n) is 3.95. The molecule has 0 unspecified atom stereocenters.